The van der Waals surface area contributed by atoms with Crippen LogP contribution >= 0.6 is 15.9 Å². The molecule has 1 aromatic carbocycles. The van der Waals surface area contributed by atoms with E-state index in [-0.39, 0.29) is 11.9 Å². The fraction of sp³-hybridized carbons (Fsp3) is 0.533. The topological polar surface area (TPSA) is 32.3 Å². The first kappa shape index (κ1) is 15.4. The zero-order valence-electron chi connectivity index (χ0n) is 11.8. The molecule has 3 nitrogen and oxygen atoms in total. The van der Waals surface area contributed by atoms with Crippen LogP contribution in [0.2, 0.25) is 0 Å². The molecule has 0 aromatic heterocycles. The second-order valence-electron chi connectivity index (χ2n) is 5.34. The number of carbonyl (C=O) groups is 1. The summed E-state index contributed by atoms with van der Waals surface area (Å²) in [6.45, 7) is 0. The Kier molecular flexibility index (Phi) is 5.16. The fourth-order valence-electron chi connectivity index (χ4n) is 2.75. The maximum Gasteiger partial charge on any atom is 0.253 e. The van der Waals surface area contributed by atoms with Crippen molar-refractivity contribution >= 4 is 21.8 Å². The van der Waals surface area contributed by atoms with Gasteiger partial charge < -0.3 is 10.2 Å². The Morgan fingerprint density at radius 2 is 2.00 bits per heavy atom. The van der Waals surface area contributed by atoms with Crippen LogP contribution in [0, 0.1) is 5.82 Å². The summed E-state index contributed by atoms with van der Waals surface area (Å²) in [6.07, 6.45) is 4.14. The summed E-state index contributed by atoms with van der Waals surface area (Å²) in [4.78, 5) is 14.1. The molecule has 20 heavy (non-hydrogen) atoms. The molecular weight excluding hydrogens is 323 g/mol. The number of halogens is 2. The summed E-state index contributed by atoms with van der Waals surface area (Å²) in [5.74, 6) is -0.507. The van der Waals surface area contributed by atoms with Crippen LogP contribution in [-0.2, 0) is 0 Å². The Balaban J connectivity index is 2.03. The average Bonchev–Trinajstić information content (AvgIpc) is 2.48. The van der Waals surface area contributed by atoms with Crippen LogP contribution in [0.4, 0.5) is 4.39 Å². The molecule has 1 amide bonds. The summed E-state index contributed by atoms with van der Waals surface area (Å²) >= 11 is 3.10. The molecule has 0 saturated heterocycles. The number of hydrogen-bond donors (Lipinski definition) is 1. The molecule has 0 radical (unpaired) electrons. The predicted molar refractivity (Wildman–Crippen MR) is 81.3 cm³/mol. The molecule has 110 valence electrons. The maximum atomic E-state index is 13.5. The Labute approximate surface area is 127 Å². The van der Waals surface area contributed by atoms with Crippen molar-refractivity contribution in [3.05, 3.63) is 34.1 Å². The minimum atomic E-state index is -0.400. The molecule has 5 heteroatoms. The molecule has 0 spiro atoms. The number of nitrogens with one attached hydrogen (secondary N) is 1. The summed E-state index contributed by atoms with van der Waals surface area (Å²) in [6, 6.07) is 5.33. The Morgan fingerprint density at radius 1 is 1.35 bits per heavy atom. The Morgan fingerprint density at radius 3 is 2.55 bits per heavy atom. The maximum absolute atomic E-state index is 13.5. The van der Waals surface area contributed by atoms with Crippen LogP contribution in [0.1, 0.15) is 36.0 Å². The van der Waals surface area contributed by atoms with Gasteiger partial charge in [0.2, 0.25) is 0 Å². The van der Waals surface area contributed by atoms with Crippen molar-refractivity contribution in [1.82, 2.24) is 10.2 Å². The molecule has 0 atom stereocenters. The number of carbonyl (C=O) groups excluding carboxylic acids is 1. The quantitative estimate of drug-likeness (QED) is 0.914. The summed E-state index contributed by atoms with van der Waals surface area (Å²) in [7, 11) is 3.79. The lowest BCUT2D eigenvalue weighted by Crippen LogP contribution is -2.42. The minimum absolute atomic E-state index is 0.107. The molecule has 1 saturated carbocycles. The number of amides is 1. The van der Waals surface area contributed by atoms with E-state index in [1.54, 1.807) is 17.0 Å². The van der Waals surface area contributed by atoms with Crippen molar-refractivity contribution in [3.8, 4) is 0 Å². The summed E-state index contributed by atoms with van der Waals surface area (Å²) in [5.41, 5.74) is 0.406. The van der Waals surface area contributed by atoms with Crippen LogP contribution in [0.5, 0.6) is 0 Å². The van der Waals surface area contributed by atoms with Crippen molar-refractivity contribution in [2.24, 2.45) is 0 Å². The van der Waals surface area contributed by atoms with Crippen molar-refractivity contribution in [3.63, 3.8) is 0 Å². The lowest BCUT2D eigenvalue weighted by atomic mass is 9.90. The molecule has 1 aliphatic rings. The summed E-state index contributed by atoms with van der Waals surface area (Å²) in [5, 5.41) is 3.28. The van der Waals surface area contributed by atoms with E-state index < -0.39 is 5.82 Å². The van der Waals surface area contributed by atoms with E-state index in [4.69, 9.17) is 0 Å². The largest absolute Gasteiger partial charge is 0.339 e. The Bertz CT molecular complexity index is 487. The van der Waals surface area contributed by atoms with Crippen molar-refractivity contribution in [2.45, 2.75) is 37.8 Å². The number of hydrogen-bond acceptors (Lipinski definition) is 2. The Hall–Kier alpha value is -0.940. The number of nitrogens with zero attached hydrogens (tertiary/aromatic N) is 1. The van der Waals surface area contributed by atoms with Gasteiger partial charge in [-0.1, -0.05) is 0 Å². The van der Waals surface area contributed by atoms with Crippen molar-refractivity contribution in [1.29, 1.82) is 0 Å². The van der Waals surface area contributed by atoms with E-state index in [1.807, 2.05) is 14.1 Å². The average molecular weight is 343 g/mol. The number of benzene rings is 1. The second-order valence-corrected chi connectivity index (χ2v) is 6.19. The fourth-order valence-corrected chi connectivity index (χ4v) is 3.00. The van der Waals surface area contributed by atoms with E-state index in [0.29, 0.717) is 16.1 Å². The molecule has 1 N–H and O–H groups in total. The molecule has 0 unspecified atom stereocenters. The molecule has 1 aromatic rings. The van der Waals surface area contributed by atoms with E-state index in [2.05, 4.69) is 21.2 Å². The molecule has 1 aliphatic carbocycles. The van der Waals surface area contributed by atoms with Gasteiger partial charge in [-0.3, -0.25) is 4.79 Å². The van der Waals surface area contributed by atoms with Gasteiger partial charge in [-0.2, -0.15) is 0 Å². The van der Waals surface area contributed by atoms with Gasteiger partial charge in [0.15, 0.2) is 0 Å². The molecular formula is C15H20BrFN2O. The monoisotopic (exact) mass is 342 g/mol. The summed E-state index contributed by atoms with van der Waals surface area (Å²) < 4.78 is 13.9. The molecule has 2 rings (SSSR count). The zero-order valence-corrected chi connectivity index (χ0v) is 13.4. The van der Waals surface area contributed by atoms with Crippen LogP contribution < -0.4 is 5.32 Å². The molecule has 0 bridgehead atoms. The highest BCUT2D eigenvalue weighted by atomic mass is 79.9. The minimum Gasteiger partial charge on any atom is -0.339 e. The van der Waals surface area contributed by atoms with Gasteiger partial charge in [0.25, 0.3) is 5.91 Å². The van der Waals surface area contributed by atoms with Gasteiger partial charge >= 0.3 is 0 Å². The van der Waals surface area contributed by atoms with Gasteiger partial charge in [-0.05, 0) is 66.9 Å². The second kappa shape index (κ2) is 6.68. The third-order valence-electron chi connectivity index (χ3n) is 4.14. The van der Waals surface area contributed by atoms with E-state index in [9.17, 15) is 9.18 Å². The highest BCUT2D eigenvalue weighted by Crippen LogP contribution is 2.24. The standard InChI is InChI=1S/C15H20BrFN2O/c1-18-11-4-6-12(7-5-11)19(2)15(20)10-3-8-13(16)14(17)9-10/h3,8-9,11-12,18H,4-7H2,1-2H3. The third kappa shape index (κ3) is 3.38. The SMILES string of the molecule is CNC1CCC(N(C)C(=O)c2ccc(Br)c(F)c2)CC1. The first-order valence-electron chi connectivity index (χ1n) is 6.92. The highest BCUT2D eigenvalue weighted by molar-refractivity contribution is 9.10. The lowest BCUT2D eigenvalue weighted by Gasteiger charge is -2.34. The van der Waals surface area contributed by atoms with Crippen molar-refractivity contribution < 1.29 is 9.18 Å². The van der Waals surface area contributed by atoms with Gasteiger partial charge in [-0.15, -0.1) is 0 Å². The van der Waals surface area contributed by atoms with Crippen LogP contribution in [-0.4, -0.2) is 37.0 Å². The normalized spacial score (nSPS) is 22.6. The van der Waals surface area contributed by atoms with Crippen molar-refractivity contribution in [2.75, 3.05) is 14.1 Å². The van der Waals surface area contributed by atoms with Crippen LogP contribution in [0.25, 0.3) is 0 Å². The van der Waals surface area contributed by atoms with Gasteiger partial charge in [-0.25, -0.2) is 4.39 Å². The van der Waals surface area contributed by atoms with Gasteiger partial charge in [0.05, 0.1) is 4.47 Å². The van der Waals surface area contributed by atoms with Gasteiger partial charge in [0.1, 0.15) is 5.82 Å². The first-order chi connectivity index (χ1) is 9.52. The first-order valence-corrected chi connectivity index (χ1v) is 7.71. The van der Waals surface area contributed by atoms with E-state index in [0.717, 1.165) is 25.7 Å². The van der Waals surface area contributed by atoms with E-state index >= 15 is 0 Å². The van der Waals surface area contributed by atoms with Crippen LogP contribution in [0.15, 0.2) is 22.7 Å². The molecule has 1 fully saturated rings. The van der Waals surface area contributed by atoms with E-state index in [1.165, 1.54) is 6.07 Å². The molecule has 0 aliphatic heterocycles. The van der Waals surface area contributed by atoms with Crippen LogP contribution in [0.3, 0.4) is 0 Å². The smallest absolute Gasteiger partial charge is 0.253 e. The van der Waals surface area contributed by atoms with Gasteiger partial charge in [0, 0.05) is 24.7 Å². The highest BCUT2D eigenvalue weighted by Gasteiger charge is 2.26. The number of rotatable bonds is 3. The zero-order chi connectivity index (χ0) is 14.7. The lowest BCUT2D eigenvalue weighted by molar-refractivity contribution is 0.0685. The predicted octanol–water partition coefficient (Wildman–Crippen LogP) is 3.19. The third-order valence-corrected chi connectivity index (χ3v) is 4.78. The molecule has 0 heterocycles.